The van der Waals surface area contributed by atoms with Gasteiger partial charge in [-0.3, -0.25) is 4.79 Å². The third kappa shape index (κ3) is 4.51. The average molecular weight is 272 g/mol. The van der Waals surface area contributed by atoms with E-state index < -0.39 is 0 Å². The molecule has 5 heteroatoms. The highest BCUT2D eigenvalue weighted by atomic mass is 16.1. The predicted octanol–water partition coefficient (Wildman–Crippen LogP) is 1.81. The smallest absolute Gasteiger partial charge is 0.238 e. The first-order valence-corrected chi connectivity index (χ1v) is 6.69. The zero-order chi connectivity index (χ0) is 14.4. The molecule has 20 heavy (non-hydrogen) atoms. The number of carbonyl (C=O) groups excluding carboxylic acids is 1. The first kappa shape index (κ1) is 14.3. The van der Waals surface area contributed by atoms with Gasteiger partial charge in [-0.15, -0.1) is 0 Å². The van der Waals surface area contributed by atoms with Crippen LogP contribution in [0.4, 0.5) is 5.69 Å². The van der Waals surface area contributed by atoms with Gasteiger partial charge in [0.25, 0.3) is 0 Å². The van der Waals surface area contributed by atoms with Gasteiger partial charge in [-0.2, -0.15) is 0 Å². The van der Waals surface area contributed by atoms with Gasteiger partial charge in [0.05, 0.1) is 12.9 Å². The van der Waals surface area contributed by atoms with E-state index in [1.165, 1.54) is 0 Å². The summed E-state index contributed by atoms with van der Waals surface area (Å²) in [6.07, 6.45) is 5.42. The van der Waals surface area contributed by atoms with Gasteiger partial charge in [-0.25, -0.2) is 4.98 Å². The van der Waals surface area contributed by atoms with Crippen LogP contribution in [0, 0.1) is 6.92 Å². The Morgan fingerprint density at radius 3 is 3.00 bits per heavy atom. The van der Waals surface area contributed by atoms with Gasteiger partial charge >= 0.3 is 0 Å². The summed E-state index contributed by atoms with van der Waals surface area (Å²) in [5, 5.41) is 6.07. The molecule has 0 aliphatic carbocycles. The Balaban J connectivity index is 1.74. The molecule has 1 aromatic heterocycles. The highest BCUT2D eigenvalue weighted by Crippen LogP contribution is 2.08. The molecule has 2 rings (SSSR count). The van der Waals surface area contributed by atoms with Gasteiger partial charge in [0.2, 0.25) is 5.91 Å². The molecule has 0 saturated heterocycles. The van der Waals surface area contributed by atoms with Crippen LogP contribution in [0.2, 0.25) is 0 Å². The fourth-order valence-electron chi connectivity index (χ4n) is 1.97. The number of nitrogens with one attached hydrogen (secondary N) is 2. The molecule has 2 N–H and O–H groups in total. The van der Waals surface area contributed by atoms with E-state index in [4.69, 9.17) is 0 Å². The lowest BCUT2D eigenvalue weighted by atomic mass is 10.2. The maximum Gasteiger partial charge on any atom is 0.238 e. The SMILES string of the molecule is Cc1cccc(NC(=O)CNC(C)Cn2ccnc2)c1. The van der Waals surface area contributed by atoms with E-state index in [-0.39, 0.29) is 11.9 Å². The fraction of sp³-hybridized carbons (Fsp3) is 0.333. The second-order valence-electron chi connectivity index (χ2n) is 4.96. The van der Waals surface area contributed by atoms with Crippen LogP contribution in [-0.4, -0.2) is 28.0 Å². The summed E-state index contributed by atoms with van der Waals surface area (Å²) in [7, 11) is 0. The molecule has 1 amide bonds. The molecule has 1 aromatic carbocycles. The summed E-state index contributed by atoms with van der Waals surface area (Å²) in [6.45, 7) is 5.13. The van der Waals surface area contributed by atoms with Crippen molar-refractivity contribution in [2.45, 2.75) is 26.4 Å². The number of rotatable bonds is 6. The van der Waals surface area contributed by atoms with Gasteiger partial charge in [0.15, 0.2) is 0 Å². The van der Waals surface area contributed by atoms with Gasteiger partial charge in [-0.05, 0) is 31.5 Å². The van der Waals surface area contributed by atoms with E-state index in [0.29, 0.717) is 6.54 Å². The number of hydrogen-bond acceptors (Lipinski definition) is 3. The van der Waals surface area contributed by atoms with Crippen molar-refractivity contribution in [2.24, 2.45) is 0 Å². The molecule has 1 unspecified atom stereocenters. The number of aryl methyl sites for hydroxylation is 1. The summed E-state index contributed by atoms with van der Waals surface area (Å²) in [4.78, 5) is 15.8. The van der Waals surface area contributed by atoms with Crippen molar-refractivity contribution < 1.29 is 4.79 Å². The molecule has 0 radical (unpaired) electrons. The molecule has 0 aliphatic rings. The van der Waals surface area contributed by atoms with Gasteiger partial charge in [0.1, 0.15) is 0 Å². The minimum absolute atomic E-state index is 0.0342. The van der Waals surface area contributed by atoms with Crippen LogP contribution in [-0.2, 0) is 11.3 Å². The Hall–Kier alpha value is -2.14. The molecule has 1 atom stereocenters. The summed E-state index contributed by atoms with van der Waals surface area (Å²) < 4.78 is 1.98. The Labute approximate surface area is 119 Å². The molecule has 0 bridgehead atoms. The zero-order valence-corrected chi connectivity index (χ0v) is 11.8. The second-order valence-corrected chi connectivity index (χ2v) is 4.96. The third-order valence-electron chi connectivity index (χ3n) is 2.96. The minimum Gasteiger partial charge on any atom is -0.336 e. The van der Waals surface area contributed by atoms with Crippen LogP contribution in [0.25, 0.3) is 0 Å². The lowest BCUT2D eigenvalue weighted by Crippen LogP contribution is -2.36. The maximum absolute atomic E-state index is 11.8. The van der Waals surface area contributed by atoms with Crippen molar-refractivity contribution >= 4 is 11.6 Å². The first-order chi connectivity index (χ1) is 9.63. The lowest BCUT2D eigenvalue weighted by molar-refractivity contribution is -0.115. The van der Waals surface area contributed by atoms with Crippen LogP contribution >= 0.6 is 0 Å². The predicted molar refractivity (Wildman–Crippen MR) is 79.5 cm³/mol. The number of anilines is 1. The van der Waals surface area contributed by atoms with E-state index in [1.807, 2.05) is 48.9 Å². The van der Waals surface area contributed by atoms with Crippen LogP contribution in [0.5, 0.6) is 0 Å². The Bertz CT molecular complexity index is 551. The third-order valence-corrected chi connectivity index (χ3v) is 2.96. The number of nitrogens with zero attached hydrogens (tertiary/aromatic N) is 2. The zero-order valence-electron chi connectivity index (χ0n) is 11.8. The maximum atomic E-state index is 11.8. The standard InChI is InChI=1S/C15H20N4O/c1-12-4-3-5-14(8-12)18-15(20)9-17-13(2)10-19-7-6-16-11-19/h3-8,11,13,17H,9-10H2,1-2H3,(H,18,20). The Morgan fingerprint density at radius 2 is 2.30 bits per heavy atom. The van der Waals surface area contributed by atoms with Crippen LogP contribution in [0.3, 0.4) is 0 Å². The Morgan fingerprint density at radius 1 is 1.45 bits per heavy atom. The van der Waals surface area contributed by atoms with Crippen molar-refractivity contribution in [3.63, 3.8) is 0 Å². The number of aromatic nitrogens is 2. The van der Waals surface area contributed by atoms with E-state index in [2.05, 4.69) is 15.6 Å². The molecule has 0 fully saturated rings. The van der Waals surface area contributed by atoms with E-state index >= 15 is 0 Å². The Kier molecular flexibility index (Phi) is 4.90. The van der Waals surface area contributed by atoms with Crippen molar-refractivity contribution in [1.82, 2.24) is 14.9 Å². The normalized spacial score (nSPS) is 12.1. The van der Waals surface area contributed by atoms with Gasteiger partial charge in [0, 0.05) is 30.7 Å². The highest BCUT2D eigenvalue weighted by molar-refractivity contribution is 5.92. The van der Waals surface area contributed by atoms with Crippen LogP contribution in [0.1, 0.15) is 12.5 Å². The lowest BCUT2D eigenvalue weighted by Gasteiger charge is -2.14. The van der Waals surface area contributed by atoms with Gasteiger partial charge < -0.3 is 15.2 Å². The van der Waals surface area contributed by atoms with Gasteiger partial charge in [-0.1, -0.05) is 12.1 Å². The van der Waals surface area contributed by atoms with Crippen molar-refractivity contribution in [3.8, 4) is 0 Å². The summed E-state index contributed by atoms with van der Waals surface area (Å²) >= 11 is 0. The first-order valence-electron chi connectivity index (χ1n) is 6.69. The topological polar surface area (TPSA) is 59.0 Å². The monoisotopic (exact) mass is 272 g/mol. The molecule has 2 aromatic rings. The summed E-state index contributed by atoms with van der Waals surface area (Å²) in [5.41, 5.74) is 1.96. The quantitative estimate of drug-likeness (QED) is 0.843. The van der Waals surface area contributed by atoms with E-state index in [0.717, 1.165) is 17.8 Å². The van der Waals surface area contributed by atoms with Crippen molar-refractivity contribution in [2.75, 3.05) is 11.9 Å². The molecule has 5 nitrogen and oxygen atoms in total. The summed E-state index contributed by atoms with van der Waals surface area (Å²) in [5.74, 6) is -0.0342. The minimum atomic E-state index is -0.0342. The fourth-order valence-corrected chi connectivity index (χ4v) is 1.97. The van der Waals surface area contributed by atoms with E-state index in [9.17, 15) is 4.79 Å². The average Bonchev–Trinajstić information content (AvgIpc) is 2.89. The molecular formula is C15H20N4O. The van der Waals surface area contributed by atoms with E-state index in [1.54, 1.807) is 12.5 Å². The van der Waals surface area contributed by atoms with Crippen molar-refractivity contribution in [1.29, 1.82) is 0 Å². The number of imidazole rings is 1. The molecule has 0 saturated carbocycles. The number of carbonyl (C=O) groups is 1. The molecule has 106 valence electrons. The largest absolute Gasteiger partial charge is 0.336 e. The second kappa shape index (κ2) is 6.86. The van der Waals surface area contributed by atoms with Crippen LogP contribution < -0.4 is 10.6 Å². The molecule has 1 heterocycles. The number of hydrogen-bond donors (Lipinski definition) is 2. The number of amides is 1. The highest BCUT2D eigenvalue weighted by Gasteiger charge is 2.06. The molecular weight excluding hydrogens is 252 g/mol. The van der Waals surface area contributed by atoms with Crippen molar-refractivity contribution in [3.05, 3.63) is 48.5 Å². The number of benzene rings is 1. The van der Waals surface area contributed by atoms with Crippen LogP contribution in [0.15, 0.2) is 43.0 Å². The molecule has 0 spiro atoms. The molecule has 0 aliphatic heterocycles. The summed E-state index contributed by atoms with van der Waals surface area (Å²) in [6, 6.07) is 7.97.